The maximum absolute atomic E-state index is 11.0. The van der Waals surface area contributed by atoms with Crippen LogP contribution >= 0.6 is 11.6 Å². The van der Waals surface area contributed by atoms with Gasteiger partial charge in [0.2, 0.25) is 0 Å². The highest BCUT2D eigenvalue weighted by Crippen LogP contribution is 2.24. The van der Waals surface area contributed by atoms with Crippen LogP contribution in [0.15, 0.2) is 36.4 Å². The Kier molecular flexibility index (Phi) is 4.94. The monoisotopic (exact) mass is 306 g/mol. The predicted molar refractivity (Wildman–Crippen MR) is 84.4 cm³/mol. The minimum absolute atomic E-state index is 0.0138. The third-order valence-corrected chi connectivity index (χ3v) is 2.95. The minimum Gasteiger partial charge on any atom is -0.370 e. The highest BCUT2D eigenvalue weighted by Gasteiger charge is 2.11. The fourth-order valence-electron chi connectivity index (χ4n) is 1.71. The second-order valence-electron chi connectivity index (χ2n) is 4.41. The molecule has 6 nitrogen and oxygen atoms in total. The van der Waals surface area contributed by atoms with Gasteiger partial charge in [0.25, 0.3) is 5.69 Å². The molecule has 0 aliphatic rings. The van der Waals surface area contributed by atoms with E-state index in [-0.39, 0.29) is 5.69 Å². The molecule has 0 atom stereocenters. The lowest BCUT2D eigenvalue weighted by Crippen LogP contribution is -2.04. The molecule has 0 bridgehead atoms. The molecular formula is C14H15ClN4O2. The molecular weight excluding hydrogens is 292 g/mol. The molecule has 0 fully saturated rings. The van der Waals surface area contributed by atoms with Gasteiger partial charge in [-0.3, -0.25) is 10.1 Å². The number of aromatic nitrogens is 1. The zero-order valence-electron chi connectivity index (χ0n) is 11.5. The molecule has 2 rings (SSSR count). The molecule has 2 aromatic rings. The van der Waals surface area contributed by atoms with Gasteiger partial charge in [-0.2, -0.15) is 0 Å². The van der Waals surface area contributed by atoms with Gasteiger partial charge in [0.15, 0.2) is 0 Å². The summed E-state index contributed by atoms with van der Waals surface area (Å²) in [6, 6.07) is 9.84. The van der Waals surface area contributed by atoms with Crippen molar-refractivity contribution in [3.05, 3.63) is 51.5 Å². The van der Waals surface area contributed by atoms with Gasteiger partial charge in [0, 0.05) is 17.3 Å². The maximum atomic E-state index is 11.0. The average molecular weight is 307 g/mol. The summed E-state index contributed by atoms with van der Waals surface area (Å²) in [7, 11) is 0. The van der Waals surface area contributed by atoms with Crippen molar-refractivity contribution >= 4 is 34.6 Å². The van der Waals surface area contributed by atoms with Crippen molar-refractivity contribution in [1.82, 2.24) is 4.98 Å². The topological polar surface area (TPSA) is 80.1 Å². The largest absolute Gasteiger partial charge is 0.370 e. The molecule has 0 radical (unpaired) electrons. The number of pyridine rings is 1. The summed E-state index contributed by atoms with van der Waals surface area (Å²) >= 11 is 5.82. The molecule has 0 unspecified atom stereocenters. The van der Waals surface area contributed by atoms with E-state index in [0.29, 0.717) is 23.2 Å². The van der Waals surface area contributed by atoms with E-state index in [9.17, 15) is 10.1 Å². The number of hydrogen-bond donors (Lipinski definition) is 2. The van der Waals surface area contributed by atoms with E-state index < -0.39 is 4.92 Å². The van der Waals surface area contributed by atoms with Crippen molar-refractivity contribution in [3.8, 4) is 0 Å². The van der Waals surface area contributed by atoms with Crippen molar-refractivity contribution < 1.29 is 4.92 Å². The fourth-order valence-corrected chi connectivity index (χ4v) is 1.84. The fraction of sp³-hybridized carbons (Fsp3) is 0.214. The van der Waals surface area contributed by atoms with Gasteiger partial charge in [-0.05, 0) is 30.7 Å². The average Bonchev–Trinajstić information content (AvgIpc) is 2.47. The highest BCUT2D eigenvalue weighted by molar-refractivity contribution is 6.30. The Morgan fingerprint density at radius 1 is 1.24 bits per heavy atom. The van der Waals surface area contributed by atoms with Gasteiger partial charge in [0.1, 0.15) is 11.6 Å². The summed E-state index contributed by atoms with van der Waals surface area (Å²) in [5.74, 6) is 0.882. The molecule has 1 aromatic heterocycles. The molecule has 2 N–H and O–H groups in total. The van der Waals surface area contributed by atoms with Gasteiger partial charge in [-0.1, -0.05) is 18.5 Å². The van der Waals surface area contributed by atoms with Crippen molar-refractivity contribution in [2.45, 2.75) is 13.3 Å². The molecule has 7 heteroatoms. The Balaban J connectivity index is 2.26. The minimum atomic E-state index is -0.439. The number of benzene rings is 1. The Labute approximate surface area is 127 Å². The number of hydrogen-bond acceptors (Lipinski definition) is 5. The van der Waals surface area contributed by atoms with Crippen LogP contribution in [-0.2, 0) is 0 Å². The third kappa shape index (κ3) is 4.32. The lowest BCUT2D eigenvalue weighted by atomic mass is 10.3. The number of anilines is 3. The van der Waals surface area contributed by atoms with E-state index in [4.69, 9.17) is 11.6 Å². The zero-order valence-corrected chi connectivity index (χ0v) is 12.2. The number of rotatable bonds is 6. The van der Waals surface area contributed by atoms with Gasteiger partial charge in [-0.25, -0.2) is 4.98 Å². The standard InChI is InChI=1S/C14H15ClN4O2/c1-2-7-16-13-8-12(19(20)21)9-14(18-13)17-11-5-3-10(15)4-6-11/h3-6,8-9H,2,7H2,1H3,(H2,16,17,18). The van der Waals surface area contributed by atoms with Gasteiger partial charge >= 0.3 is 0 Å². The summed E-state index contributed by atoms with van der Waals surface area (Å²) in [5.41, 5.74) is 0.744. The molecule has 110 valence electrons. The van der Waals surface area contributed by atoms with Crippen molar-refractivity contribution in [2.24, 2.45) is 0 Å². The first-order chi connectivity index (χ1) is 10.1. The molecule has 1 heterocycles. The van der Waals surface area contributed by atoms with E-state index in [1.807, 2.05) is 6.92 Å². The van der Waals surface area contributed by atoms with Crippen LogP contribution in [0, 0.1) is 10.1 Å². The summed E-state index contributed by atoms with van der Waals surface area (Å²) in [6.45, 7) is 2.71. The second-order valence-corrected chi connectivity index (χ2v) is 4.85. The lowest BCUT2D eigenvalue weighted by Gasteiger charge is -2.09. The van der Waals surface area contributed by atoms with Crippen LogP contribution in [0.3, 0.4) is 0 Å². The Bertz CT molecular complexity index is 631. The van der Waals surface area contributed by atoms with Crippen LogP contribution in [0.2, 0.25) is 5.02 Å². The molecule has 0 saturated carbocycles. The SMILES string of the molecule is CCCNc1cc([N+](=O)[O-])cc(Nc2ccc(Cl)cc2)n1. The number of nitrogens with one attached hydrogen (secondary N) is 2. The lowest BCUT2D eigenvalue weighted by molar-refractivity contribution is -0.384. The number of nitro groups is 1. The number of halogens is 1. The maximum Gasteiger partial charge on any atom is 0.276 e. The van der Waals surface area contributed by atoms with E-state index in [2.05, 4.69) is 15.6 Å². The van der Waals surface area contributed by atoms with Crippen molar-refractivity contribution in [2.75, 3.05) is 17.2 Å². The summed E-state index contributed by atoms with van der Waals surface area (Å²) in [4.78, 5) is 14.9. The summed E-state index contributed by atoms with van der Waals surface area (Å²) < 4.78 is 0. The molecule has 1 aromatic carbocycles. The van der Waals surface area contributed by atoms with Crippen LogP contribution in [0.1, 0.15) is 13.3 Å². The van der Waals surface area contributed by atoms with Crippen LogP contribution < -0.4 is 10.6 Å². The molecule has 0 aliphatic heterocycles. The molecule has 0 saturated heterocycles. The van der Waals surface area contributed by atoms with E-state index in [1.54, 1.807) is 24.3 Å². The Morgan fingerprint density at radius 3 is 2.52 bits per heavy atom. The zero-order chi connectivity index (χ0) is 15.2. The van der Waals surface area contributed by atoms with E-state index in [1.165, 1.54) is 12.1 Å². The highest BCUT2D eigenvalue weighted by atomic mass is 35.5. The van der Waals surface area contributed by atoms with Crippen LogP contribution in [0.5, 0.6) is 0 Å². The van der Waals surface area contributed by atoms with Gasteiger partial charge < -0.3 is 10.6 Å². The normalized spacial score (nSPS) is 10.2. The van der Waals surface area contributed by atoms with Crippen molar-refractivity contribution in [1.29, 1.82) is 0 Å². The molecule has 0 aliphatic carbocycles. The third-order valence-electron chi connectivity index (χ3n) is 2.69. The first kappa shape index (κ1) is 15.1. The smallest absolute Gasteiger partial charge is 0.276 e. The van der Waals surface area contributed by atoms with Gasteiger partial charge in [0.05, 0.1) is 17.1 Å². The van der Waals surface area contributed by atoms with E-state index in [0.717, 1.165) is 12.1 Å². The van der Waals surface area contributed by atoms with Crippen LogP contribution in [-0.4, -0.2) is 16.5 Å². The summed E-state index contributed by atoms with van der Waals surface area (Å²) in [6.07, 6.45) is 0.907. The van der Waals surface area contributed by atoms with Crippen LogP contribution in [0.4, 0.5) is 23.0 Å². The Hall–Kier alpha value is -2.34. The first-order valence-corrected chi connectivity index (χ1v) is 6.89. The summed E-state index contributed by atoms with van der Waals surface area (Å²) in [5, 5.41) is 17.7. The quantitative estimate of drug-likeness (QED) is 0.617. The van der Waals surface area contributed by atoms with Crippen LogP contribution in [0.25, 0.3) is 0 Å². The predicted octanol–water partition coefficient (Wildman–Crippen LogP) is 4.21. The second kappa shape index (κ2) is 6.90. The molecule has 21 heavy (non-hydrogen) atoms. The van der Waals surface area contributed by atoms with Crippen molar-refractivity contribution in [3.63, 3.8) is 0 Å². The number of nitrogens with zero attached hydrogens (tertiary/aromatic N) is 2. The Morgan fingerprint density at radius 2 is 1.90 bits per heavy atom. The van der Waals surface area contributed by atoms with E-state index >= 15 is 0 Å². The van der Waals surface area contributed by atoms with Gasteiger partial charge in [-0.15, -0.1) is 0 Å². The first-order valence-electron chi connectivity index (χ1n) is 6.51. The molecule has 0 spiro atoms. The molecule has 0 amide bonds.